The van der Waals surface area contributed by atoms with E-state index in [1.165, 1.54) is 0 Å². The molecule has 144 valence electrons. The predicted molar refractivity (Wildman–Crippen MR) is 91.0 cm³/mol. The van der Waals surface area contributed by atoms with E-state index in [0.717, 1.165) is 19.4 Å². The van der Waals surface area contributed by atoms with Crippen molar-refractivity contribution in [2.24, 2.45) is 16.5 Å². The van der Waals surface area contributed by atoms with Crippen molar-refractivity contribution in [3.05, 3.63) is 11.7 Å². The van der Waals surface area contributed by atoms with Gasteiger partial charge in [-0.2, -0.15) is 4.98 Å². The molecule has 1 aliphatic rings. The van der Waals surface area contributed by atoms with Crippen LogP contribution in [0.3, 0.4) is 0 Å². The summed E-state index contributed by atoms with van der Waals surface area (Å²) in [5, 5.41) is 21.2. The number of carboxylic acids is 1. The van der Waals surface area contributed by atoms with E-state index in [2.05, 4.69) is 31.1 Å². The minimum absolute atomic E-state index is 0.00585. The fraction of sp³-hybridized carbons (Fsp3) is 0.643. The molecule has 2 atom stereocenters. The van der Waals surface area contributed by atoms with Crippen molar-refractivity contribution >= 4 is 18.0 Å². The summed E-state index contributed by atoms with van der Waals surface area (Å²) in [6.07, 6.45) is 2.59. The average Bonchev–Trinajstić information content (AvgIpc) is 3.26. The number of nitrogens with one attached hydrogen (secondary N) is 3. The molecule has 0 bridgehead atoms. The zero-order chi connectivity index (χ0) is 18.9. The molecule has 1 saturated heterocycles. The Hall–Kier alpha value is -2.89. The molecule has 0 radical (unpaired) electrons. The van der Waals surface area contributed by atoms with Crippen LogP contribution in [0.15, 0.2) is 9.52 Å². The van der Waals surface area contributed by atoms with E-state index < -0.39 is 18.0 Å². The van der Waals surface area contributed by atoms with Crippen LogP contribution in [0.5, 0.6) is 0 Å². The number of guanidine groups is 1. The van der Waals surface area contributed by atoms with E-state index in [-0.39, 0.29) is 37.4 Å². The van der Waals surface area contributed by atoms with Gasteiger partial charge in [0.1, 0.15) is 6.04 Å². The molecule has 1 aliphatic heterocycles. The molecule has 0 saturated carbocycles. The second-order valence-electron chi connectivity index (χ2n) is 5.86. The van der Waals surface area contributed by atoms with Crippen molar-refractivity contribution in [1.29, 1.82) is 0 Å². The quantitative estimate of drug-likeness (QED) is 0.176. The molecule has 1 aromatic heterocycles. The van der Waals surface area contributed by atoms with Gasteiger partial charge in [-0.15, -0.1) is 0 Å². The molecular weight excluding hydrogens is 344 g/mol. The van der Waals surface area contributed by atoms with E-state index in [9.17, 15) is 9.59 Å². The minimum atomic E-state index is -1.14. The van der Waals surface area contributed by atoms with Gasteiger partial charge < -0.3 is 37.0 Å². The molecule has 0 unspecified atom stereocenters. The topological polar surface area (TPSA) is 194 Å². The highest BCUT2D eigenvalue weighted by Crippen LogP contribution is 2.19. The molecule has 0 spiro atoms. The number of nitrogens with zero attached hydrogens (tertiary/aromatic N) is 3. The van der Waals surface area contributed by atoms with Crippen molar-refractivity contribution in [3.8, 4) is 0 Å². The Bertz CT molecular complexity index is 637. The summed E-state index contributed by atoms with van der Waals surface area (Å²) < 4.78 is 5.08. The third-order valence-electron chi connectivity index (χ3n) is 3.80. The first-order chi connectivity index (χ1) is 12.5. The lowest BCUT2D eigenvalue weighted by Gasteiger charge is -2.14. The fourth-order valence-corrected chi connectivity index (χ4v) is 2.51. The van der Waals surface area contributed by atoms with Gasteiger partial charge in [-0.05, 0) is 32.2 Å². The molecule has 1 fully saturated rings. The molecule has 2 rings (SSSR count). The van der Waals surface area contributed by atoms with E-state index in [1.54, 1.807) is 0 Å². The van der Waals surface area contributed by atoms with Crippen LogP contribution >= 0.6 is 0 Å². The molecule has 26 heavy (non-hydrogen) atoms. The lowest BCUT2D eigenvalue weighted by atomic mass is 10.1. The Labute approximate surface area is 149 Å². The van der Waals surface area contributed by atoms with Gasteiger partial charge in [-0.3, -0.25) is 4.99 Å². The summed E-state index contributed by atoms with van der Waals surface area (Å²) in [4.78, 5) is 31.1. The zero-order valence-electron chi connectivity index (χ0n) is 14.3. The van der Waals surface area contributed by atoms with Gasteiger partial charge in [0.15, 0.2) is 11.8 Å². The summed E-state index contributed by atoms with van der Waals surface area (Å²) in [6.45, 7) is 1.20. The molecule has 8 N–H and O–H groups in total. The van der Waals surface area contributed by atoms with Gasteiger partial charge in [0.25, 0.3) is 0 Å². The van der Waals surface area contributed by atoms with Crippen LogP contribution in [-0.4, -0.2) is 52.3 Å². The second kappa shape index (κ2) is 9.56. The standard InChI is InChI=1S/C14H24N8O4/c15-13(16)18-6-2-4-9(12(23)24)20-14(25)19-7-10-21-11(22-26-10)8-3-1-5-17-8/h8-9,17H,1-7H2,(H,23,24)(H4,15,16,18)(H2,19,20,25)/t8-,9-/m0/s1. The molecule has 0 aromatic carbocycles. The Balaban J connectivity index is 1.75. The van der Waals surface area contributed by atoms with Gasteiger partial charge >= 0.3 is 12.0 Å². The molecule has 2 amide bonds. The van der Waals surface area contributed by atoms with Crippen LogP contribution in [0.4, 0.5) is 4.79 Å². The average molecular weight is 368 g/mol. The van der Waals surface area contributed by atoms with Gasteiger partial charge in [0, 0.05) is 6.54 Å². The smallest absolute Gasteiger partial charge is 0.326 e. The first-order valence-corrected chi connectivity index (χ1v) is 8.34. The number of aromatic nitrogens is 2. The predicted octanol–water partition coefficient (Wildman–Crippen LogP) is -1.20. The number of carbonyl (C=O) groups is 2. The highest BCUT2D eigenvalue weighted by atomic mass is 16.5. The largest absolute Gasteiger partial charge is 0.480 e. The number of aliphatic carboxylic acids is 1. The Kier molecular flexibility index (Phi) is 7.14. The van der Waals surface area contributed by atoms with Crippen molar-refractivity contribution in [1.82, 2.24) is 26.1 Å². The number of amides is 2. The molecule has 12 nitrogen and oxygen atoms in total. The van der Waals surface area contributed by atoms with Crippen LogP contribution < -0.4 is 27.4 Å². The number of hydrogen-bond donors (Lipinski definition) is 6. The first-order valence-electron chi connectivity index (χ1n) is 8.34. The Morgan fingerprint density at radius 2 is 2.27 bits per heavy atom. The van der Waals surface area contributed by atoms with E-state index in [4.69, 9.17) is 21.1 Å². The number of rotatable bonds is 9. The second-order valence-corrected chi connectivity index (χ2v) is 5.86. The SMILES string of the molecule is NC(N)=NCCC[C@H](NC(=O)NCc1nc([C@@H]2CCCN2)no1)C(=O)O. The van der Waals surface area contributed by atoms with Crippen molar-refractivity contribution < 1.29 is 19.2 Å². The number of nitrogens with two attached hydrogens (primary N) is 2. The highest BCUT2D eigenvalue weighted by Gasteiger charge is 2.22. The number of carboxylic acid groups (broad SMARTS) is 1. The van der Waals surface area contributed by atoms with E-state index in [0.29, 0.717) is 12.2 Å². The van der Waals surface area contributed by atoms with Crippen molar-refractivity contribution in [2.45, 2.75) is 44.3 Å². The molecular formula is C14H24N8O4. The number of aliphatic imine (C=N–C) groups is 1. The summed E-state index contributed by atoms with van der Waals surface area (Å²) in [5.74, 6) is -0.391. The molecule has 2 heterocycles. The summed E-state index contributed by atoms with van der Waals surface area (Å²) >= 11 is 0. The maximum absolute atomic E-state index is 11.9. The van der Waals surface area contributed by atoms with E-state index >= 15 is 0 Å². The Morgan fingerprint density at radius 1 is 1.46 bits per heavy atom. The number of hydrogen-bond acceptors (Lipinski definition) is 7. The van der Waals surface area contributed by atoms with Gasteiger partial charge in [0.05, 0.1) is 12.6 Å². The van der Waals surface area contributed by atoms with Crippen molar-refractivity contribution in [2.75, 3.05) is 13.1 Å². The molecule has 0 aliphatic carbocycles. The number of carbonyl (C=O) groups excluding carboxylic acids is 1. The summed E-state index contributed by atoms with van der Waals surface area (Å²) in [5.41, 5.74) is 10.4. The third-order valence-corrected chi connectivity index (χ3v) is 3.80. The van der Waals surface area contributed by atoms with Gasteiger partial charge in [-0.25, -0.2) is 9.59 Å². The van der Waals surface area contributed by atoms with Crippen LogP contribution in [0, 0.1) is 0 Å². The van der Waals surface area contributed by atoms with Crippen LogP contribution in [0.1, 0.15) is 43.4 Å². The molecule has 1 aromatic rings. The monoisotopic (exact) mass is 368 g/mol. The summed E-state index contributed by atoms with van der Waals surface area (Å²) in [7, 11) is 0. The number of urea groups is 1. The van der Waals surface area contributed by atoms with Gasteiger partial charge in [0.2, 0.25) is 5.89 Å². The first kappa shape index (κ1) is 19.4. The fourth-order valence-electron chi connectivity index (χ4n) is 2.51. The Morgan fingerprint density at radius 3 is 2.92 bits per heavy atom. The maximum Gasteiger partial charge on any atom is 0.326 e. The van der Waals surface area contributed by atoms with Crippen LogP contribution in [-0.2, 0) is 11.3 Å². The minimum Gasteiger partial charge on any atom is -0.480 e. The van der Waals surface area contributed by atoms with Crippen molar-refractivity contribution in [3.63, 3.8) is 0 Å². The third kappa shape index (κ3) is 6.20. The zero-order valence-corrected chi connectivity index (χ0v) is 14.3. The summed E-state index contributed by atoms with van der Waals surface area (Å²) in [6, 6.07) is -1.62. The highest BCUT2D eigenvalue weighted by molar-refractivity contribution is 5.82. The lowest BCUT2D eigenvalue weighted by molar-refractivity contribution is -0.139. The van der Waals surface area contributed by atoms with Crippen LogP contribution in [0.25, 0.3) is 0 Å². The van der Waals surface area contributed by atoms with Gasteiger partial charge in [-0.1, -0.05) is 5.16 Å². The maximum atomic E-state index is 11.9. The van der Waals surface area contributed by atoms with Crippen LogP contribution in [0.2, 0.25) is 0 Å². The molecule has 12 heteroatoms. The van der Waals surface area contributed by atoms with E-state index in [1.807, 2.05) is 0 Å². The normalized spacial score (nSPS) is 17.5. The lowest BCUT2D eigenvalue weighted by Crippen LogP contribution is -2.45.